The summed E-state index contributed by atoms with van der Waals surface area (Å²) < 4.78 is 4.31. The summed E-state index contributed by atoms with van der Waals surface area (Å²) in [6.45, 7) is 8.42. The number of rotatable bonds is 5. The van der Waals surface area contributed by atoms with Gasteiger partial charge in [0, 0.05) is 0 Å². The highest BCUT2D eigenvalue weighted by Crippen LogP contribution is 2.32. The van der Waals surface area contributed by atoms with Gasteiger partial charge in [0.25, 0.3) is 0 Å². The van der Waals surface area contributed by atoms with Crippen molar-refractivity contribution >= 4 is 21.9 Å². The fourth-order valence-electron chi connectivity index (χ4n) is 1.81. The first-order chi connectivity index (χ1) is 8.37. The largest absolute Gasteiger partial charge is 0.465 e. The monoisotopic (exact) mass is 312 g/mol. The summed E-state index contributed by atoms with van der Waals surface area (Å²) in [5.41, 5.74) is 2.22. The summed E-state index contributed by atoms with van der Waals surface area (Å²) in [7, 11) is 0. The number of esters is 1. The van der Waals surface area contributed by atoms with Gasteiger partial charge in [0.2, 0.25) is 0 Å². The number of hydrogen-bond acceptors (Lipinski definition) is 2. The van der Waals surface area contributed by atoms with Gasteiger partial charge >= 0.3 is 5.97 Å². The Balaban J connectivity index is 2.86. The smallest absolute Gasteiger partial charge is 0.327 e. The Bertz CT molecular complexity index is 393. The molecule has 0 aliphatic heterocycles. The lowest BCUT2D eigenvalue weighted by molar-refractivity contribution is -0.145. The van der Waals surface area contributed by atoms with Gasteiger partial charge in [0.15, 0.2) is 0 Å². The van der Waals surface area contributed by atoms with Crippen LogP contribution in [0.1, 0.15) is 38.8 Å². The number of carbonyl (C=O) groups is 1. The van der Waals surface area contributed by atoms with E-state index in [1.165, 1.54) is 5.56 Å². The standard InChI is InChI=1S/C15H21BrO2/c1-5-18-14(17)15(4,16)13-8-6-12(7-9-13)10-11(2)3/h6-9,11H,5,10H2,1-4H3/t15-/m1/s1. The number of halogens is 1. The van der Waals surface area contributed by atoms with Gasteiger partial charge < -0.3 is 4.74 Å². The molecule has 2 nitrogen and oxygen atoms in total. The molecule has 18 heavy (non-hydrogen) atoms. The molecule has 3 heteroatoms. The Labute approximate surface area is 118 Å². The molecule has 1 rings (SSSR count). The Hall–Kier alpha value is -0.830. The third kappa shape index (κ3) is 3.84. The quantitative estimate of drug-likeness (QED) is 0.605. The number of alkyl halides is 1. The van der Waals surface area contributed by atoms with E-state index in [1.54, 1.807) is 0 Å². The van der Waals surface area contributed by atoms with Crippen LogP contribution in [-0.2, 0) is 20.3 Å². The van der Waals surface area contributed by atoms with E-state index in [4.69, 9.17) is 4.74 Å². The summed E-state index contributed by atoms with van der Waals surface area (Å²) in [6.07, 6.45) is 1.05. The van der Waals surface area contributed by atoms with E-state index in [-0.39, 0.29) is 5.97 Å². The molecule has 0 amide bonds. The number of ether oxygens (including phenoxy) is 1. The topological polar surface area (TPSA) is 26.3 Å². The second kappa shape index (κ2) is 6.37. The van der Waals surface area contributed by atoms with Gasteiger partial charge in [-0.25, -0.2) is 0 Å². The van der Waals surface area contributed by atoms with E-state index in [1.807, 2.05) is 26.0 Å². The molecule has 0 fully saturated rings. The molecule has 0 aliphatic rings. The molecule has 0 saturated carbocycles. The van der Waals surface area contributed by atoms with Crippen LogP contribution in [0.3, 0.4) is 0 Å². The molecular formula is C15H21BrO2. The molecule has 0 bridgehead atoms. The van der Waals surface area contributed by atoms with Gasteiger partial charge in [-0.1, -0.05) is 54.0 Å². The van der Waals surface area contributed by atoms with Gasteiger partial charge in [0.05, 0.1) is 6.61 Å². The molecule has 0 heterocycles. The highest BCUT2D eigenvalue weighted by Gasteiger charge is 2.33. The molecule has 1 atom stereocenters. The van der Waals surface area contributed by atoms with Crippen molar-refractivity contribution in [1.82, 2.24) is 0 Å². The van der Waals surface area contributed by atoms with Crippen LogP contribution in [0.15, 0.2) is 24.3 Å². The highest BCUT2D eigenvalue weighted by atomic mass is 79.9. The lowest BCUT2D eigenvalue weighted by Crippen LogP contribution is -2.28. The maximum atomic E-state index is 11.9. The van der Waals surface area contributed by atoms with E-state index >= 15 is 0 Å². The number of benzene rings is 1. The molecule has 0 radical (unpaired) electrons. The first-order valence-electron chi connectivity index (χ1n) is 6.33. The van der Waals surface area contributed by atoms with Crippen molar-refractivity contribution in [2.24, 2.45) is 5.92 Å². The Morgan fingerprint density at radius 2 is 1.89 bits per heavy atom. The predicted octanol–water partition coefficient (Wildman–Crippen LogP) is 4.06. The van der Waals surface area contributed by atoms with Crippen molar-refractivity contribution in [1.29, 1.82) is 0 Å². The van der Waals surface area contributed by atoms with E-state index in [0.29, 0.717) is 12.5 Å². The first-order valence-corrected chi connectivity index (χ1v) is 7.12. The van der Waals surface area contributed by atoms with E-state index in [0.717, 1.165) is 12.0 Å². The summed E-state index contributed by atoms with van der Waals surface area (Å²) in [5, 5.41) is 0. The molecule has 0 N–H and O–H groups in total. The van der Waals surface area contributed by atoms with Crippen molar-refractivity contribution in [2.75, 3.05) is 6.61 Å². The second-order valence-corrected chi connectivity index (χ2v) is 6.60. The molecule has 0 saturated heterocycles. The predicted molar refractivity (Wildman–Crippen MR) is 77.9 cm³/mol. The number of carbonyl (C=O) groups excluding carboxylic acids is 1. The molecule has 0 aliphatic carbocycles. The van der Waals surface area contributed by atoms with Crippen molar-refractivity contribution < 1.29 is 9.53 Å². The third-order valence-corrected chi connectivity index (χ3v) is 3.58. The summed E-state index contributed by atoms with van der Waals surface area (Å²) >= 11 is 3.46. The highest BCUT2D eigenvalue weighted by molar-refractivity contribution is 9.10. The molecule has 0 spiro atoms. The SMILES string of the molecule is CCOC(=O)[C@](C)(Br)c1ccc(CC(C)C)cc1. The van der Waals surface area contributed by atoms with Gasteiger partial charge in [-0.05, 0) is 37.3 Å². The van der Waals surface area contributed by atoms with Crippen molar-refractivity contribution in [3.8, 4) is 0 Å². The lowest BCUT2D eigenvalue weighted by Gasteiger charge is -2.21. The molecule has 0 aromatic heterocycles. The third-order valence-electron chi connectivity index (χ3n) is 2.80. The van der Waals surface area contributed by atoms with Crippen LogP contribution >= 0.6 is 15.9 Å². The zero-order valence-corrected chi connectivity index (χ0v) is 13.1. The lowest BCUT2D eigenvalue weighted by atomic mass is 9.97. The fraction of sp³-hybridized carbons (Fsp3) is 0.533. The van der Waals surface area contributed by atoms with Crippen LogP contribution in [-0.4, -0.2) is 12.6 Å². The van der Waals surface area contributed by atoms with Crippen LogP contribution in [0.5, 0.6) is 0 Å². The van der Waals surface area contributed by atoms with E-state index in [9.17, 15) is 4.79 Å². The van der Waals surface area contributed by atoms with Crippen LogP contribution in [0, 0.1) is 5.92 Å². The Morgan fingerprint density at radius 1 is 1.33 bits per heavy atom. The maximum Gasteiger partial charge on any atom is 0.327 e. The van der Waals surface area contributed by atoms with Gasteiger partial charge in [-0.3, -0.25) is 4.79 Å². The fourth-order valence-corrected chi connectivity index (χ4v) is 2.19. The van der Waals surface area contributed by atoms with E-state index < -0.39 is 4.32 Å². The normalized spacial score (nSPS) is 14.3. The van der Waals surface area contributed by atoms with Crippen LogP contribution in [0.2, 0.25) is 0 Å². The summed E-state index contributed by atoms with van der Waals surface area (Å²) in [4.78, 5) is 11.9. The van der Waals surface area contributed by atoms with Gasteiger partial charge in [-0.15, -0.1) is 0 Å². The summed E-state index contributed by atoms with van der Waals surface area (Å²) in [5.74, 6) is 0.387. The molecule has 0 unspecified atom stereocenters. The minimum absolute atomic E-state index is 0.249. The second-order valence-electron chi connectivity index (χ2n) is 5.02. The van der Waals surface area contributed by atoms with E-state index in [2.05, 4.69) is 41.9 Å². The van der Waals surface area contributed by atoms with Crippen molar-refractivity contribution in [3.63, 3.8) is 0 Å². The molecular weight excluding hydrogens is 292 g/mol. The minimum Gasteiger partial charge on any atom is -0.465 e. The maximum absolute atomic E-state index is 11.9. The van der Waals surface area contributed by atoms with Gasteiger partial charge in [-0.2, -0.15) is 0 Å². The molecule has 1 aromatic carbocycles. The Kier molecular flexibility index (Phi) is 5.39. The minimum atomic E-state index is -0.765. The summed E-state index contributed by atoms with van der Waals surface area (Å²) in [6, 6.07) is 8.13. The molecule has 100 valence electrons. The van der Waals surface area contributed by atoms with Crippen LogP contribution in [0.4, 0.5) is 0 Å². The average Bonchev–Trinajstić information content (AvgIpc) is 2.29. The zero-order valence-electron chi connectivity index (χ0n) is 11.5. The first kappa shape index (κ1) is 15.2. The molecule has 1 aromatic rings. The van der Waals surface area contributed by atoms with Crippen LogP contribution in [0.25, 0.3) is 0 Å². The van der Waals surface area contributed by atoms with Crippen molar-refractivity contribution in [2.45, 2.75) is 38.4 Å². The van der Waals surface area contributed by atoms with Crippen LogP contribution < -0.4 is 0 Å². The van der Waals surface area contributed by atoms with Crippen molar-refractivity contribution in [3.05, 3.63) is 35.4 Å². The Morgan fingerprint density at radius 3 is 2.33 bits per heavy atom. The van der Waals surface area contributed by atoms with Gasteiger partial charge in [0.1, 0.15) is 4.32 Å². The zero-order chi connectivity index (χ0) is 13.8. The number of hydrogen-bond donors (Lipinski definition) is 0. The average molecular weight is 313 g/mol.